The van der Waals surface area contributed by atoms with E-state index in [9.17, 15) is 0 Å². The van der Waals surface area contributed by atoms with Crippen LogP contribution in [-0.4, -0.2) is 26.8 Å². The van der Waals surface area contributed by atoms with Gasteiger partial charge in [0.15, 0.2) is 5.82 Å². The SMILES string of the molecule is Cn1cnc(CNC2CCC(N)CC2)n1. The van der Waals surface area contributed by atoms with Gasteiger partial charge in [0.25, 0.3) is 0 Å². The smallest absolute Gasteiger partial charge is 0.164 e. The summed E-state index contributed by atoms with van der Waals surface area (Å²) in [5.74, 6) is 0.868. The van der Waals surface area contributed by atoms with Gasteiger partial charge < -0.3 is 11.1 Å². The fourth-order valence-electron chi connectivity index (χ4n) is 2.02. The van der Waals surface area contributed by atoms with Gasteiger partial charge in [-0.05, 0) is 25.7 Å². The van der Waals surface area contributed by atoms with Crippen LogP contribution in [0, 0.1) is 0 Å². The first-order chi connectivity index (χ1) is 7.24. The summed E-state index contributed by atoms with van der Waals surface area (Å²) in [6.45, 7) is 0.765. The van der Waals surface area contributed by atoms with E-state index in [0.29, 0.717) is 12.1 Å². The topological polar surface area (TPSA) is 68.8 Å². The summed E-state index contributed by atoms with van der Waals surface area (Å²) < 4.78 is 1.73. The van der Waals surface area contributed by atoms with E-state index < -0.39 is 0 Å². The predicted molar refractivity (Wildman–Crippen MR) is 58.1 cm³/mol. The Bertz CT molecular complexity index is 301. The van der Waals surface area contributed by atoms with Crippen molar-refractivity contribution in [2.75, 3.05) is 0 Å². The van der Waals surface area contributed by atoms with Crippen molar-refractivity contribution in [3.63, 3.8) is 0 Å². The normalized spacial score (nSPS) is 26.8. The van der Waals surface area contributed by atoms with Crippen LogP contribution < -0.4 is 11.1 Å². The molecule has 15 heavy (non-hydrogen) atoms. The van der Waals surface area contributed by atoms with Gasteiger partial charge in [0.2, 0.25) is 0 Å². The Labute approximate surface area is 90.1 Å². The van der Waals surface area contributed by atoms with Crippen molar-refractivity contribution in [2.24, 2.45) is 12.8 Å². The van der Waals surface area contributed by atoms with Gasteiger partial charge >= 0.3 is 0 Å². The highest BCUT2D eigenvalue weighted by Gasteiger charge is 2.17. The molecule has 1 aromatic heterocycles. The average molecular weight is 209 g/mol. The summed E-state index contributed by atoms with van der Waals surface area (Å²) in [4.78, 5) is 4.18. The lowest BCUT2D eigenvalue weighted by molar-refractivity contribution is 0.339. The van der Waals surface area contributed by atoms with E-state index in [1.807, 2.05) is 7.05 Å². The van der Waals surface area contributed by atoms with Crippen molar-refractivity contribution in [3.8, 4) is 0 Å². The Balaban J connectivity index is 1.74. The first-order valence-electron chi connectivity index (χ1n) is 5.57. The molecule has 1 saturated carbocycles. The number of rotatable bonds is 3. The van der Waals surface area contributed by atoms with E-state index in [1.165, 1.54) is 12.8 Å². The van der Waals surface area contributed by atoms with E-state index >= 15 is 0 Å². The second-order valence-corrected chi connectivity index (χ2v) is 4.33. The van der Waals surface area contributed by atoms with Crippen LogP contribution in [-0.2, 0) is 13.6 Å². The largest absolute Gasteiger partial charge is 0.328 e. The third kappa shape index (κ3) is 3.00. The molecule has 0 unspecified atom stereocenters. The Morgan fingerprint density at radius 3 is 2.80 bits per heavy atom. The third-order valence-corrected chi connectivity index (χ3v) is 2.97. The molecular formula is C10H19N5. The van der Waals surface area contributed by atoms with Crippen molar-refractivity contribution in [2.45, 2.75) is 44.3 Å². The van der Waals surface area contributed by atoms with E-state index in [4.69, 9.17) is 5.73 Å². The fourth-order valence-corrected chi connectivity index (χ4v) is 2.02. The van der Waals surface area contributed by atoms with Crippen molar-refractivity contribution < 1.29 is 0 Å². The lowest BCUT2D eigenvalue weighted by Crippen LogP contribution is -2.37. The van der Waals surface area contributed by atoms with Crippen molar-refractivity contribution in [1.82, 2.24) is 20.1 Å². The number of aryl methyl sites for hydroxylation is 1. The molecule has 0 atom stereocenters. The zero-order chi connectivity index (χ0) is 10.7. The Kier molecular flexibility index (Phi) is 3.33. The molecule has 0 radical (unpaired) electrons. The molecular weight excluding hydrogens is 190 g/mol. The van der Waals surface area contributed by atoms with Crippen LogP contribution in [0.3, 0.4) is 0 Å². The van der Waals surface area contributed by atoms with Gasteiger partial charge in [0.05, 0.1) is 6.54 Å². The molecule has 5 heteroatoms. The molecule has 1 heterocycles. The molecule has 0 saturated heterocycles. The highest BCUT2D eigenvalue weighted by molar-refractivity contribution is 4.84. The van der Waals surface area contributed by atoms with E-state index in [2.05, 4.69) is 15.4 Å². The quantitative estimate of drug-likeness (QED) is 0.745. The molecule has 84 valence electrons. The standard InChI is InChI=1S/C10H19N5/c1-15-7-13-10(14-15)6-12-9-4-2-8(11)3-5-9/h7-9,12H,2-6,11H2,1H3. The molecule has 0 aromatic carbocycles. The monoisotopic (exact) mass is 209 g/mol. The molecule has 1 aliphatic rings. The maximum atomic E-state index is 5.85. The zero-order valence-electron chi connectivity index (χ0n) is 9.19. The second-order valence-electron chi connectivity index (χ2n) is 4.33. The predicted octanol–water partition coefficient (Wildman–Crippen LogP) is 0.175. The number of nitrogens with two attached hydrogens (primary N) is 1. The third-order valence-electron chi connectivity index (χ3n) is 2.97. The molecule has 0 aliphatic heterocycles. The summed E-state index contributed by atoms with van der Waals surface area (Å²) in [5, 5.41) is 7.71. The van der Waals surface area contributed by atoms with Gasteiger partial charge in [-0.3, -0.25) is 4.68 Å². The van der Waals surface area contributed by atoms with Crippen LogP contribution in [0.25, 0.3) is 0 Å². The lowest BCUT2D eigenvalue weighted by atomic mass is 9.92. The van der Waals surface area contributed by atoms with Gasteiger partial charge in [-0.1, -0.05) is 0 Å². The molecule has 2 rings (SSSR count). The van der Waals surface area contributed by atoms with E-state index in [1.54, 1.807) is 11.0 Å². The zero-order valence-corrected chi connectivity index (χ0v) is 9.19. The van der Waals surface area contributed by atoms with Crippen LogP contribution in [0.2, 0.25) is 0 Å². The fraction of sp³-hybridized carbons (Fsp3) is 0.800. The molecule has 0 amide bonds. The van der Waals surface area contributed by atoms with Crippen LogP contribution in [0.5, 0.6) is 0 Å². The number of hydrogen-bond acceptors (Lipinski definition) is 4. The summed E-state index contributed by atoms with van der Waals surface area (Å²) >= 11 is 0. The summed E-state index contributed by atoms with van der Waals surface area (Å²) in [7, 11) is 1.89. The minimum Gasteiger partial charge on any atom is -0.328 e. The van der Waals surface area contributed by atoms with Gasteiger partial charge in [-0.2, -0.15) is 5.10 Å². The first kappa shape index (κ1) is 10.6. The molecule has 1 aliphatic carbocycles. The molecule has 0 spiro atoms. The van der Waals surface area contributed by atoms with Gasteiger partial charge in [-0.15, -0.1) is 0 Å². The number of hydrogen-bond donors (Lipinski definition) is 2. The van der Waals surface area contributed by atoms with Crippen LogP contribution in [0.4, 0.5) is 0 Å². The van der Waals surface area contributed by atoms with E-state index in [-0.39, 0.29) is 0 Å². The van der Waals surface area contributed by atoms with E-state index in [0.717, 1.165) is 25.2 Å². The summed E-state index contributed by atoms with van der Waals surface area (Å²) in [6.07, 6.45) is 6.34. The summed E-state index contributed by atoms with van der Waals surface area (Å²) in [5.41, 5.74) is 5.85. The van der Waals surface area contributed by atoms with Crippen molar-refractivity contribution in [3.05, 3.63) is 12.2 Å². The minimum atomic E-state index is 0.413. The Morgan fingerprint density at radius 1 is 1.47 bits per heavy atom. The lowest BCUT2D eigenvalue weighted by Gasteiger charge is -2.26. The first-order valence-corrected chi connectivity index (χ1v) is 5.57. The van der Waals surface area contributed by atoms with Gasteiger partial charge in [0, 0.05) is 19.1 Å². The van der Waals surface area contributed by atoms with Crippen LogP contribution >= 0.6 is 0 Å². The molecule has 1 fully saturated rings. The number of aromatic nitrogens is 3. The molecule has 5 nitrogen and oxygen atoms in total. The van der Waals surface area contributed by atoms with Crippen molar-refractivity contribution in [1.29, 1.82) is 0 Å². The number of nitrogens with one attached hydrogen (secondary N) is 1. The highest BCUT2D eigenvalue weighted by atomic mass is 15.3. The van der Waals surface area contributed by atoms with Crippen molar-refractivity contribution >= 4 is 0 Å². The second kappa shape index (κ2) is 4.72. The molecule has 0 bridgehead atoms. The Hall–Kier alpha value is -0.940. The van der Waals surface area contributed by atoms with Crippen LogP contribution in [0.1, 0.15) is 31.5 Å². The highest BCUT2D eigenvalue weighted by Crippen LogP contribution is 2.16. The molecule has 1 aromatic rings. The average Bonchev–Trinajstić information content (AvgIpc) is 2.64. The van der Waals surface area contributed by atoms with Crippen LogP contribution in [0.15, 0.2) is 6.33 Å². The Morgan fingerprint density at radius 2 is 2.20 bits per heavy atom. The maximum Gasteiger partial charge on any atom is 0.164 e. The van der Waals surface area contributed by atoms with Gasteiger partial charge in [0.1, 0.15) is 6.33 Å². The molecule has 3 N–H and O–H groups in total. The minimum absolute atomic E-state index is 0.413. The van der Waals surface area contributed by atoms with Gasteiger partial charge in [-0.25, -0.2) is 4.98 Å². The number of nitrogens with zero attached hydrogens (tertiary/aromatic N) is 3. The summed E-state index contributed by atoms with van der Waals surface area (Å²) in [6, 6.07) is 1.00. The maximum absolute atomic E-state index is 5.85.